The molecule has 0 heterocycles. The topological polar surface area (TPSA) is 120 Å². The Morgan fingerprint density at radius 1 is 0.262 bits per heavy atom. The Balaban J connectivity index is 3.04. The molecule has 254 valence electrons. The van der Waals surface area contributed by atoms with E-state index in [1.165, 1.54) is 0 Å². The van der Waals surface area contributed by atoms with Gasteiger partial charge in [-0.05, 0) is 19.6 Å². The molecular weight excluding hydrogens is 572 g/mol. The van der Waals surface area contributed by atoms with Crippen LogP contribution in [0.3, 0.4) is 0 Å². The first-order chi connectivity index (χ1) is 20.6. The maximum atomic E-state index is 5.71. The van der Waals surface area contributed by atoms with Gasteiger partial charge in [-0.15, -0.1) is 0 Å². The van der Waals surface area contributed by atoms with Crippen molar-refractivity contribution in [1.29, 1.82) is 0 Å². The van der Waals surface area contributed by atoms with E-state index in [-0.39, 0.29) is 0 Å². The Labute approximate surface area is 255 Å². The van der Waals surface area contributed by atoms with E-state index in [9.17, 15) is 0 Å². The lowest BCUT2D eigenvalue weighted by atomic mass is 10.6. The van der Waals surface area contributed by atoms with Crippen molar-refractivity contribution >= 4 is 8.32 Å². The molecule has 0 aromatic carbocycles. The Kier molecular flexibility index (Phi) is 34.9. The summed E-state index contributed by atoms with van der Waals surface area (Å²) < 4.78 is 70.5. The number of hydrogen-bond donors (Lipinski definition) is 0. The second-order valence-corrected chi connectivity index (χ2v) is 14.2. The predicted octanol–water partition coefficient (Wildman–Crippen LogP) is 1.67. The van der Waals surface area contributed by atoms with E-state index in [0.29, 0.717) is 159 Å². The van der Waals surface area contributed by atoms with E-state index in [4.69, 9.17) is 61.3 Å². The van der Waals surface area contributed by atoms with Crippen molar-refractivity contribution in [3.8, 4) is 0 Å². The molecule has 0 spiro atoms. The highest BCUT2D eigenvalue weighted by Crippen LogP contribution is 2.01. The van der Waals surface area contributed by atoms with Crippen LogP contribution >= 0.6 is 0 Å². The molecule has 14 heteroatoms. The monoisotopic (exact) mass is 632 g/mol. The zero-order chi connectivity index (χ0) is 30.7. The molecule has 0 N–H and O–H groups in total. The van der Waals surface area contributed by atoms with Gasteiger partial charge in [-0.1, -0.05) is 0 Å². The van der Waals surface area contributed by atoms with Crippen LogP contribution in [0, 0.1) is 0 Å². The van der Waals surface area contributed by atoms with Crippen LogP contribution < -0.4 is 0 Å². The number of hydrogen-bond acceptors (Lipinski definition) is 13. The van der Waals surface area contributed by atoms with Crippen LogP contribution in [0.25, 0.3) is 0 Å². The average molecular weight is 633 g/mol. The fourth-order valence-electron chi connectivity index (χ4n) is 2.85. The van der Waals surface area contributed by atoms with Crippen molar-refractivity contribution < 1.29 is 61.3 Å². The summed E-state index contributed by atoms with van der Waals surface area (Å²) >= 11 is 0. The standard InChI is InChI=1S/C28H60O13Si/c1-29-5-6-30-7-8-31-9-10-32-11-12-33-13-14-34-15-16-35-17-18-36-19-20-37-21-22-38-23-24-39-25-26-40-27-28-41-42(2,3)4/h5-28H2,1-4H3. The van der Waals surface area contributed by atoms with Crippen molar-refractivity contribution in [3.63, 3.8) is 0 Å². The maximum Gasteiger partial charge on any atom is 0.183 e. The van der Waals surface area contributed by atoms with E-state index in [1.54, 1.807) is 7.11 Å². The van der Waals surface area contributed by atoms with Crippen LogP contribution in [0.5, 0.6) is 0 Å². The van der Waals surface area contributed by atoms with E-state index in [1.807, 2.05) is 0 Å². The lowest BCUT2D eigenvalue weighted by Crippen LogP contribution is -2.27. The molecular formula is C28H60O13Si. The van der Waals surface area contributed by atoms with Gasteiger partial charge in [0.2, 0.25) is 0 Å². The summed E-state index contributed by atoms with van der Waals surface area (Å²) in [7, 11) is 0.198. The summed E-state index contributed by atoms with van der Waals surface area (Å²) in [6, 6.07) is 0. The lowest BCUT2D eigenvalue weighted by molar-refractivity contribution is -0.0282. The first-order valence-corrected chi connectivity index (χ1v) is 18.4. The first kappa shape index (κ1) is 41.7. The molecule has 0 fully saturated rings. The Hall–Kier alpha value is -0.303. The average Bonchev–Trinajstić information content (AvgIpc) is 2.96. The van der Waals surface area contributed by atoms with E-state index in [2.05, 4.69) is 19.6 Å². The molecule has 0 radical (unpaired) electrons. The molecule has 0 saturated carbocycles. The largest absolute Gasteiger partial charge is 0.415 e. The van der Waals surface area contributed by atoms with Crippen molar-refractivity contribution in [2.75, 3.05) is 166 Å². The molecule has 0 aliphatic rings. The Bertz CT molecular complexity index is 501. The van der Waals surface area contributed by atoms with Gasteiger partial charge < -0.3 is 61.3 Å². The predicted molar refractivity (Wildman–Crippen MR) is 160 cm³/mol. The third kappa shape index (κ3) is 39.7. The smallest absolute Gasteiger partial charge is 0.183 e. The summed E-state index contributed by atoms with van der Waals surface area (Å²) in [5.41, 5.74) is 0. The third-order valence-electron chi connectivity index (χ3n) is 4.91. The van der Waals surface area contributed by atoms with Gasteiger partial charge in [0.25, 0.3) is 0 Å². The van der Waals surface area contributed by atoms with Gasteiger partial charge in [0.05, 0.1) is 159 Å². The van der Waals surface area contributed by atoms with E-state index >= 15 is 0 Å². The zero-order valence-corrected chi connectivity index (χ0v) is 27.8. The summed E-state index contributed by atoms with van der Waals surface area (Å²) in [4.78, 5) is 0. The minimum absolute atomic E-state index is 0.516. The van der Waals surface area contributed by atoms with Crippen molar-refractivity contribution in [2.24, 2.45) is 0 Å². The molecule has 42 heavy (non-hydrogen) atoms. The van der Waals surface area contributed by atoms with Crippen LogP contribution in [0.4, 0.5) is 0 Å². The van der Waals surface area contributed by atoms with Crippen molar-refractivity contribution in [1.82, 2.24) is 0 Å². The van der Waals surface area contributed by atoms with E-state index in [0.717, 1.165) is 0 Å². The fraction of sp³-hybridized carbons (Fsp3) is 1.00. The minimum Gasteiger partial charge on any atom is -0.415 e. The number of ether oxygens (including phenoxy) is 12. The number of methoxy groups -OCH3 is 1. The van der Waals surface area contributed by atoms with Gasteiger partial charge in [-0.2, -0.15) is 0 Å². The zero-order valence-electron chi connectivity index (χ0n) is 26.8. The van der Waals surface area contributed by atoms with Gasteiger partial charge in [0.15, 0.2) is 8.32 Å². The van der Waals surface area contributed by atoms with E-state index < -0.39 is 8.32 Å². The van der Waals surface area contributed by atoms with Gasteiger partial charge >= 0.3 is 0 Å². The Morgan fingerprint density at radius 3 is 0.595 bits per heavy atom. The molecule has 0 aromatic rings. The molecule has 0 rings (SSSR count). The normalized spacial score (nSPS) is 12.0. The van der Waals surface area contributed by atoms with Gasteiger partial charge in [0, 0.05) is 7.11 Å². The van der Waals surface area contributed by atoms with Crippen LogP contribution in [-0.4, -0.2) is 174 Å². The third-order valence-corrected chi connectivity index (χ3v) is 5.98. The van der Waals surface area contributed by atoms with Gasteiger partial charge in [-0.3, -0.25) is 0 Å². The van der Waals surface area contributed by atoms with Crippen LogP contribution in [0.15, 0.2) is 0 Å². The highest BCUT2D eigenvalue weighted by Gasteiger charge is 2.13. The molecule has 0 aliphatic heterocycles. The summed E-state index contributed by atoms with van der Waals surface area (Å²) in [6.45, 7) is 19.5. The Morgan fingerprint density at radius 2 is 0.429 bits per heavy atom. The molecule has 0 unspecified atom stereocenters. The summed E-state index contributed by atoms with van der Waals surface area (Å²) in [5, 5.41) is 0. The van der Waals surface area contributed by atoms with Crippen LogP contribution in [0.2, 0.25) is 19.6 Å². The fourth-order valence-corrected chi connectivity index (χ4v) is 3.55. The molecule has 0 bridgehead atoms. The second-order valence-electron chi connectivity index (χ2n) is 9.69. The van der Waals surface area contributed by atoms with Crippen molar-refractivity contribution in [2.45, 2.75) is 19.6 Å². The van der Waals surface area contributed by atoms with Crippen molar-refractivity contribution in [3.05, 3.63) is 0 Å². The van der Waals surface area contributed by atoms with Crippen LogP contribution in [0.1, 0.15) is 0 Å². The maximum absolute atomic E-state index is 5.71. The molecule has 13 nitrogen and oxygen atoms in total. The quantitative estimate of drug-likeness (QED) is 0.0730. The van der Waals surface area contributed by atoms with Gasteiger partial charge in [-0.25, -0.2) is 0 Å². The molecule has 0 amide bonds. The summed E-state index contributed by atoms with van der Waals surface area (Å²) in [6.07, 6.45) is 0. The van der Waals surface area contributed by atoms with Crippen LogP contribution in [-0.2, 0) is 61.3 Å². The minimum atomic E-state index is -1.45. The highest BCUT2D eigenvalue weighted by molar-refractivity contribution is 6.69. The lowest BCUT2D eigenvalue weighted by Gasteiger charge is -2.16. The molecule has 0 atom stereocenters. The number of rotatable bonds is 37. The molecule has 0 saturated heterocycles. The first-order valence-electron chi connectivity index (χ1n) is 15.0. The second kappa shape index (κ2) is 35.2. The highest BCUT2D eigenvalue weighted by atomic mass is 28.4. The van der Waals surface area contributed by atoms with Gasteiger partial charge in [0.1, 0.15) is 0 Å². The molecule has 0 aromatic heterocycles. The molecule has 0 aliphatic carbocycles. The SMILES string of the molecule is COCCOCCOCCOCCOCCOCCOCCOCCOCCOCCOCCOCCO[Si](C)(C)C. The summed E-state index contributed by atoms with van der Waals surface area (Å²) in [5.74, 6) is 0.